The summed E-state index contributed by atoms with van der Waals surface area (Å²) >= 11 is 0. The third-order valence-electron chi connectivity index (χ3n) is 9.22. The van der Waals surface area contributed by atoms with Crippen LogP contribution in [-0.2, 0) is 30.2 Å². The first-order chi connectivity index (χ1) is 21.5. The molecule has 2 aromatic rings. The first-order valence-electron chi connectivity index (χ1n) is 15.1. The van der Waals surface area contributed by atoms with E-state index in [9.17, 15) is 34.8 Å². The molecule has 13 nitrogen and oxygen atoms in total. The molecule has 2 heterocycles. The number of halogens is 1. The van der Waals surface area contributed by atoms with Gasteiger partial charge in [0.05, 0.1) is 36.0 Å². The van der Waals surface area contributed by atoms with E-state index >= 15 is 0 Å². The fourth-order valence-electron chi connectivity index (χ4n) is 6.95. The lowest BCUT2D eigenvalue weighted by molar-refractivity contribution is -0.281. The molecule has 7 atom stereocenters. The molecule has 46 heavy (non-hydrogen) atoms. The minimum absolute atomic E-state index is 0. The average Bonchev–Trinajstić information content (AvgIpc) is 3.02. The van der Waals surface area contributed by atoms with Gasteiger partial charge in [0.15, 0.2) is 24.1 Å². The van der Waals surface area contributed by atoms with Gasteiger partial charge in [-0.05, 0) is 32.3 Å². The fraction of sp³-hybridized carbons (Fsp3) is 0.531. The number of carbonyl (C=O) groups excluding carboxylic acids is 3. The van der Waals surface area contributed by atoms with Gasteiger partial charge in [-0.15, -0.1) is 12.4 Å². The summed E-state index contributed by atoms with van der Waals surface area (Å²) in [5.41, 5.74) is 2.98. The number of ketones is 3. The van der Waals surface area contributed by atoms with Gasteiger partial charge in [-0.2, -0.15) is 0 Å². The van der Waals surface area contributed by atoms with Crippen LogP contribution in [0.4, 0.5) is 0 Å². The minimum atomic E-state index is -2.24. The van der Waals surface area contributed by atoms with Crippen LogP contribution in [0, 0.1) is 0 Å². The number of hydrogen-bond donors (Lipinski definition) is 5. The topological polar surface area (TPSA) is 204 Å². The number of nitrogens with two attached hydrogens (primary N) is 1. The molecule has 0 aromatic heterocycles. The molecule has 6 N–H and O–H groups in total. The second-order valence-corrected chi connectivity index (χ2v) is 12.1. The van der Waals surface area contributed by atoms with Crippen molar-refractivity contribution in [3.05, 3.63) is 51.6 Å². The maximum absolute atomic E-state index is 13.8. The number of phenols is 2. The highest BCUT2D eigenvalue weighted by Gasteiger charge is 2.50. The van der Waals surface area contributed by atoms with Crippen molar-refractivity contribution < 1.29 is 58.5 Å². The number of aromatic hydroxyl groups is 2. The Hall–Kier alpha value is -3.14. The largest absolute Gasteiger partial charge is 0.507 e. The smallest absolute Gasteiger partial charge is 0.202 e. The molecule has 0 spiro atoms. The van der Waals surface area contributed by atoms with Crippen molar-refractivity contribution in [3.8, 4) is 17.2 Å². The van der Waals surface area contributed by atoms with Gasteiger partial charge in [0.1, 0.15) is 35.6 Å². The molecule has 2 aliphatic heterocycles. The molecule has 0 saturated carbocycles. The van der Waals surface area contributed by atoms with Gasteiger partial charge < -0.3 is 49.8 Å². The van der Waals surface area contributed by atoms with Gasteiger partial charge in [0, 0.05) is 48.6 Å². The lowest BCUT2D eigenvalue weighted by Gasteiger charge is -2.43. The average molecular weight is 664 g/mol. The lowest BCUT2D eigenvalue weighted by Crippen LogP contribution is -2.55. The van der Waals surface area contributed by atoms with Crippen LogP contribution < -0.4 is 10.5 Å². The van der Waals surface area contributed by atoms with E-state index in [0.29, 0.717) is 6.61 Å². The Morgan fingerprint density at radius 1 is 1.07 bits per heavy atom. The number of aliphatic hydroxyl groups is 2. The van der Waals surface area contributed by atoms with Crippen molar-refractivity contribution in [2.75, 3.05) is 20.3 Å². The zero-order valence-electron chi connectivity index (χ0n) is 25.4. The summed E-state index contributed by atoms with van der Waals surface area (Å²) < 4.78 is 29.5. The number of hydrogen-bond acceptors (Lipinski definition) is 13. The highest BCUT2D eigenvalue weighted by atomic mass is 35.5. The third-order valence-corrected chi connectivity index (χ3v) is 9.22. The molecule has 2 aliphatic carbocycles. The number of benzene rings is 2. The van der Waals surface area contributed by atoms with Crippen LogP contribution in [-0.4, -0.2) is 94.5 Å². The van der Waals surface area contributed by atoms with Crippen molar-refractivity contribution in [1.82, 2.24) is 0 Å². The van der Waals surface area contributed by atoms with E-state index in [1.807, 2.05) is 0 Å². The van der Waals surface area contributed by atoms with Crippen LogP contribution in [0.15, 0.2) is 18.2 Å². The van der Waals surface area contributed by atoms with Crippen LogP contribution in [0.2, 0.25) is 0 Å². The number of fused-ring (bicyclic) bond motifs is 3. The fourth-order valence-corrected chi connectivity index (χ4v) is 6.95. The highest BCUT2D eigenvalue weighted by molar-refractivity contribution is 6.31. The summed E-state index contributed by atoms with van der Waals surface area (Å²) in [4.78, 5) is 40.2. The summed E-state index contributed by atoms with van der Waals surface area (Å²) in [7, 11) is 1.34. The molecule has 4 aliphatic rings. The van der Waals surface area contributed by atoms with Gasteiger partial charge in [-0.3, -0.25) is 14.4 Å². The summed E-state index contributed by atoms with van der Waals surface area (Å²) in [5, 5.41) is 44.2. The summed E-state index contributed by atoms with van der Waals surface area (Å²) in [6, 6.07) is 3.86. The van der Waals surface area contributed by atoms with E-state index in [4.69, 9.17) is 29.4 Å². The van der Waals surface area contributed by atoms with E-state index in [1.54, 1.807) is 6.92 Å². The SMILES string of the molecule is COc1cccc2c1C(=O)c1c(O)c3c(c(O)c1C2=O)C[C@@](O)(C(=O)CO)C[C@H]3OC1CC(N)C(OC2CCCCO2)C(C)O1.Cl. The molecule has 250 valence electrons. The van der Waals surface area contributed by atoms with Crippen LogP contribution >= 0.6 is 12.4 Å². The molecule has 2 fully saturated rings. The van der Waals surface area contributed by atoms with Gasteiger partial charge in [0.2, 0.25) is 5.78 Å². The van der Waals surface area contributed by atoms with Gasteiger partial charge >= 0.3 is 0 Å². The zero-order chi connectivity index (χ0) is 32.2. The quantitative estimate of drug-likeness (QED) is 0.230. The van der Waals surface area contributed by atoms with Crippen molar-refractivity contribution in [2.24, 2.45) is 5.73 Å². The number of ether oxygens (including phenoxy) is 5. The van der Waals surface area contributed by atoms with Gasteiger partial charge in [0.25, 0.3) is 0 Å². The normalized spacial score (nSPS) is 30.5. The molecule has 0 radical (unpaired) electrons. The van der Waals surface area contributed by atoms with E-state index in [0.717, 1.165) is 19.3 Å². The van der Waals surface area contributed by atoms with Gasteiger partial charge in [-0.1, -0.05) is 12.1 Å². The maximum Gasteiger partial charge on any atom is 0.202 e. The van der Waals surface area contributed by atoms with Crippen molar-refractivity contribution in [1.29, 1.82) is 0 Å². The monoisotopic (exact) mass is 663 g/mol. The van der Waals surface area contributed by atoms with Crippen LogP contribution in [0.5, 0.6) is 17.2 Å². The Kier molecular flexibility index (Phi) is 9.79. The number of carbonyl (C=O) groups is 3. The van der Waals surface area contributed by atoms with E-state index in [2.05, 4.69) is 0 Å². The molecule has 5 unspecified atom stereocenters. The Morgan fingerprint density at radius 2 is 1.80 bits per heavy atom. The Bertz CT molecular complexity index is 1530. The maximum atomic E-state index is 13.8. The predicted molar refractivity (Wildman–Crippen MR) is 161 cm³/mol. The first-order valence-corrected chi connectivity index (χ1v) is 15.1. The molecular formula is C32H38ClNO12. The minimum Gasteiger partial charge on any atom is -0.507 e. The first kappa shape index (κ1) is 34.2. The van der Waals surface area contributed by atoms with Crippen molar-refractivity contribution >= 4 is 29.8 Å². The number of aliphatic hydroxyl groups excluding tert-OH is 1. The number of Topliss-reactive ketones (excluding diaryl/α,β-unsaturated/α-hetero) is 1. The molecular weight excluding hydrogens is 626 g/mol. The second-order valence-electron chi connectivity index (χ2n) is 12.1. The molecule has 0 amide bonds. The molecule has 6 rings (SSSR count). The van der Waals surface area contributed by atoms with E-state index < -0.39 is 102 Å². The number of methoxy groups -OCH3 is 1. The predicted octanol–water partition coefficient (Wildman–Crippen LogP) is 1.97. The zero-order valence-corrected chi connectivity index (χ0v) is 26.2. The summed E-state index contributed by atoms with van der Waals surface area (Å²) in [6.07, 6.45) is -2.03. The number of rotatable bonds is 7. The highest BCUT2D eigenvalue weighted by Crippen LogP contribution is 2.52. The van der Waals surface area contributed by atoms with Crippen LogP contribution in [0.3, 0.4) is 0 Å². The summed E-state index contributed by atoms with van der Waals surface area (Å²) in [5.74, 6) is -3.67. The van der Waals surface area contributed by atoms with Gasteiger partial charge in [-0.25, -0.2) is 0 Å². The number of phenolic OH excluding ortho intramolecular Hbond substituents is 2. The standard InChI is InChI=1S/C32H37NO12.ClH/c1-14-31(45-21-8-3-4-9-42-21)17(33)10-22(43-14)44-19-12-32(40,20(35)13-34)11-16-24(19)30(39)26-25(28(16)37)27(36)15-6-5-7-18(41-2)23(15)29(26)38;/h5-7,14,17,19,21-22,31,34,37,39-40H,3-4,8-13,33H2,1-2H3;1H/t14?,17?,19-,21?,22?,31?,32+;/m1./s1. The molecule has 0 bridgehead atoms. The Morgan fingerprint density at radius 3 is 2.46 bits per heavy atom. The van der Waals surface area contributed by atoms with Crippen molar-refractivity contribution in [3.63, 3.8) is 0 Å². The lowest BCUT2D eigenvalue weighted by atomic mass is 9.72. The second kappa shape index (κ2) is 13.2. The van der Waals surface area contributed by atoms with E-state index in [1.165, 1.54) is 25.3 Å². The van der Waals surface area contributed by atoms with Crippen LogP contribution in [0.1, 0.15) is 88.1 Å². The van der Waals surface area contributed by atoms with Crippen LogP contribution in [0.25, 0.3) is 0 Å². The molecule has 2 aromatic carbocycles. The third kappa shape index (κ3) is 5.69. The molecule has 2 saturated heterocycles. The van der Waals surface area contributed by atoms with E-state index in [-0.39, 0.29) is 46.8 Å². The Labute approximate surface area is 270 Å². The van der Waals surface area contributed by atoms with Crippen molar-refractivity contribution in [2.45, 2.75) is 88.0 Å². The summed E-state index contributed by atoms with van der Waals surface area (Å²) in [6.45, 7) is 1.35. The molecule has 14 heteroatoms. The Balaban J connectivity index is 0.00000417.